The first kappa shape index (κ1) is 13.0. The zero-order chi connectivity index (χ0) is 13.3. The molecule has 96 valence electrons. The van der Waals surface area contributed by atoms with Gasteiger partial charge in [0.1, 0.15) is 5.02 Å². The van der Waals surface area contributed by atoms with E-state index < -0.39 is 5.82 Å². The topological polar surface area (TPSA) is 64.1 Å². The van der Waals surface area contributed by atoms with Crippen LogP contribution in [0.1, 0.15) is 9.75 Å². The number of anilines is 3. The Bertz CT molecular complexity index is 583. The summed E-state index contributed by atoms with van der Waals surface area (Å²) in [6, 6.07) is 5.45. The molecule has 2 rings (SSSR count). The van der Waals surface area contributed by atoms with Gasteiger partial charge < -0.3 is 16.8 Å². The summed E-state index contributed by atoms with van der Waals surface area (Å²) < 4.78 is 13.9. The first-order chi connectivity index (χ1) is 8.49. The van der Waals surface area contributed by atoms with Crippen molar-refractivity contribution in [1.82, 2.24) is 0 Å². The van der Waals surface area contributed by atoms with Crippen LogP contribution in [0, 0.1) is 12.7 Å². The molecule has 0 saturated heterocycles. The Morgan fingerprint density at radius 3 is 2.67 bits per heavy atom. The third kappa shape index (κ3) is 2.52. The Hall–Kier alpha value is -1.46. The molecule has 2 aromatic rings. The summed E-state index contributed by atoms with van der Waals surface area (Å²) in [4.78, 5) is 2.30. The maximum absolute atomic E-state index is 13.9. The van der Waals surface area contributed by atoms with Crippen molar-refractivity contribution in [1.29, 1.82) is 0 Å². The zero-order valence-corrected chi connectivity index (χ0v) is 11.3. The van der Waals surface area contributed by atoms with Gasteiger partial charge in [-0.2, -0.15) is 0 Å². The number of nitrogen functional groups attached to an aromatic ring is 2. The van der Waals surface area contributed by atoms with Gasteiger partial charge in [0.15, 0.2) is 5.82 Å². The van der Waals surface area contributed by atoms with Gasteiger partial charge in [0.2, 0.25) is 0 Å². The lowest BCUT2D eigenvalue weighted by Crippen LogP contribution is -2.05. The molecule has 3 nitrogen and oxygen atoms in total. The van der Waals surface area contributed by atoms with Gasteiger partial charge in [0.25, 0.3) is 0 Å². The molecule has 18 heavy (non-hydrogen) atoms. The molecule has 1 heterocycles. The van der Waals surface area contributed by atoms with Crippen LogP contribution in [0.2, 0.25) is 5.02 Å². The summed E-state index contributed by atoms with van der Waals surface area (Å²) in [7, 11) is 0. The second-order valence-electron chi connectivity index (χ2n) is 3.92. The molecule has 0 aliphatic rings. The molecule has 0 aliphatic heterocycles. The quantitative estimate of drug-likeness (QED) is 0.755. The van der Waals surface area contributed by atoms with Gasteiger partial charge in [-0.3, -0.25) is 0 Å². The van der Waals surface area contributed by atoms with Crippen molar-refractivity contribution in [2.75, 3.05) is 16.8 Å². The molecule has 0 fully saturated rings. The third-order valence-electron chi connectivity index (χ3n) is 2.50. The molecule has 1 aromatic carbocycles. The Morgan fingerprint density at radius 1 is 1.33 bits per heavy atom. The summed E-state index contributed by atoms with van der Waals surface area (Å²) in [5, 5.41) is 2.85. The molecule has 0 atom stereocenters. The largest absolute Gasteiger partial charge is 0.397 e. The van der Waals surface area contributed by atoms with Crippen LogP contribution in [0.3, 0.4) is 0 Å². The first-order valence-electron chi connectivity index (χ1n) is 5.31. The van der Waals surface area contributed by atoms with Crippen molar-refractivity contribution in [2.24, 2.45) is 0 Å². The average molecular weight is 286 g/mol. The smallest absolute Gasteiger partial charge is 0.169 e. The van der Waals surface area contributed by atoms with Crippen LogP contribution in [0.25, 0.3) is 0 Å². The van der Waals surface area contributed by atoms with E-state index in [0.717, 1.165) is 4.88 Å². The van der Waals surface area contributed by atoms with Crippen molar-refractivity contribution >= 4 is 40.0 Å². The Morgan fingerprint density at radius 2 is 2.06 bits per heavy atom. The van der Waals surface area contributed by atoms with E-state index in [2.05, 4.69) is 5.32 Å². The summed E-state index contributed by atoms with van der Waals surface area (Å²) in [6.07, 6.45) is 0. The highest BCUT2D eigenvalue weighted by Crippen LogP contribution is 2.34. The molecular weight excluding hydrogens is 273 g/mol. The fraction of sp³-hybridized carbons (Fsp3) is 0.167. The van der Waals surface area contributed by atoms with Gasteiger partial charge in [-0.25, -0.2) is 4.39 Å². The van der Waals surface area contributed by atoms with Gasteiger partial charge in [-0.15, -0.1) is 11.3 Å². The maximum atomic E-state index is 13.9. The molecule has 0 spiro atoms. The molecule has 0 saturated carbocycles. The van der Waals surface area contributed by atoms with Crippen molar-refractivity contribution in [3.63, 3.8) is 0 Å². The second kappa shape index (κ2) is 5.04. The molecule has 1 aromatic heterocycles. The van der Waals surface area contributed by atoms with Crippen LogP contribution < -0.4 is 16.8 Å². The predicted molar refractivity (Wildman–Crippen MR) is 76.6 cm³/mol. The Kier molecular flexibility index (Phi) is 3.63. The number of halogens is 2. The number of nitrogens with one attached hydrogen (secondary N) is 1. The van der Waals surface area contributed by atoms with Crippen LogP contribution in [0.5, 0.6) is 0 Å². The number of aryl methyl sites for hydroxylation is 1. The lowest BCUT2D eigenvalue weighted by Gasteiger charge is -2.12. The van der Waals surface area contributed by atoms with Crippen LogP contribution in [0.4, 0.5) is 21.5 Å². The summed E-state index contributed by atoms with van der Waals surface area (Å²) in [5.74, 6) is -0.609. The van der Waals surface area contributed by atoms with Gasteiger partial charge in [-0.1, -0.05) is 11.6 Å². The Labute approximate surface area is 114 Å². The van der Waals surface area contributed by atoms with E-state index in [9.17, 15) is 4.39 Å². The van der Waals surface area contributed by atoms with Crippen LogP contribution in [-0.4, -0.2) is 0 Å². The monoisotopic (exact) mass is 285 g/mol. The van der Waals surface area contributed by atoms with Gasteiger partial charge in [0, 0.05) is 16.3 Å². The van der Waals surface area contributed by atoms with Crippen LogP contribution >= 0.6 is 22.9 Å². The van der Waals surface area contributed by atoms with Crippen molar-refractivity contribution in [2.45, 2.75) is 13.5 Å². The first-order valence-corrected chi connectivity index (χ1v) is 6.50. The molecule has 0 radical (unpaired) electrons. The van der Waals surface area contributed by atoms with E-state index in [1.54, 1.807) is 11.3 Å². The molecule has 0 unspecified atom stereocenters. The van der Waals surface area contributed by atoms with E-state index >= 15 is 0 Å². The SMILES string of the molecule is Cc1ccc(CNc2c(N)cc(N)c(Cl)c2F)s1. The fourth-order valence-corrected chi connectivity index (χ4v) is 2.58. The van der Waals surface area contributed by atoms with Crippen molar-refractivity contribution in [3.05, 3.63) is 38.8 Å². The van der Waals surface area contributed by atoms with Crippen LogP contribution in [-0.2, 0) is 6.54 Å². The second-order valence-corrected chi connectivity index (χ2v) is 5.67. The van der Waals surface area contributed by atoms with Gasteiger partial charge >= 0.3 is 0 Å². The van der Waals surface area contributed by atoms with Crippen molar-refractivity contribution < 1.29 is 4.39 Å². The molecule has 0 amide bonds. The average Bonchev–Trinajstić information content (AvgIpc) is 2.72. The highest BCUT2D eigenvalue weighted by molar-refractivity contribution is 7.11. The third-order valence-corrected chi connectivity index (χ3v) is 3.89. The lowest BCUT2D eigenvalue weighted by molar-refractivity contribution is 0.632. The zero-order valence-electron chi connectivity index (χ0n) is 9.76. The van der Waals surface area contributed by atoms with E-state index in [1.807, 2.05) is 19.1 Å². The maximum Gasteiger partial charge on any atom is 0.169 e. The van der Waals surface area contributed by atoms with E-state index in [-0.39, 0.29) is 22.1 Å². The lowest BCUT2D eigenvalue weighted by atomic mass is 10.2. The van der Waals surface area contributed by atoms with Gasteiger partial charge in [0.05, 0.1) is 17.1 Å². The summed E-state index contributed by atoms with van der Waals surface area (Å²) >= 11 is 7.39. The minimum absolute atomic E-state index is 0.103. The molecule has 0 aliphatic carbocycles. The molecular formula is C12H13ClFN3S. The predicted octanol–water partition coefficient (Wildman–Crippen LogP) is 3.63. The number of rotatable bonds is 3. The van der Waals surface area contributed by atoms with E-state index in [4.69, 9.17) is 23.1 Å². The minimum Gasteiger partial charge on any atom is -0.397 e. The normalized spacial score (nSPS) is 10.6. The Balaban J connectivity index is 2.22. The summed E-state index contributed by atoms with van der Waals surface area (Å²) in [6.45, 7) is 2.52. The highest BCUT2D eigenvalue weighted by Gasteiger charge is 2.14. The van der Waals surface area contributed by atoms with E-state index in [1.165, 1.54) is 10.9 Å². The number of hydrogen-bond donors (Lipinski definition) is 3. The standard InChI is InChI=1S/C12H13ClFN3S/c1-6-2-3-7(18-6)5-17-12-9(16)4-8(15)10(13)11(12)14/h2-4,17H,5,15-16H2,1H3. The number of hydrogen-bond acceptors (Lipinski definition) is 4. The summed E-state index contributed by atoms with van der Waals surface area (Å²) in [5.41, 5.74) is 11.8. The van der Waals surface area contributed by atoms with E-state index in [0.29, 0.717) is 6.54 Å². The molecule has 0 bridgehead atoms. The fourth-order valence-electron chi connectivity index (χ4n) is 1.60. The minimum atomic E-state index is -0.609. The number of nitrogens with two attached hydrogens (primary N) is 2. The highest BCUT2D eigenvalue weighted by atomic mass is 35.5. The number of benzene rings is 1. The van der Waals surface area contributed by atoms with Crippen LogP contribution in [0.15, 0.2) is 18.2 Å². The van der Waals surface area contributed by atoms with Gasteiger partial charge in [-0.05, 0) is 25.1 Å². The number of thiophene rings is 1. The molecule has 5 N–H and O–H groups in total. The van der Waals surface area contributed by atoms with Crippen molar-refractivity contribution in [3.8, 4) is 0 Å². The molecule has 6 heteroatoms.